The zero-order valence-electron chi connectivity index (χ0n) is 8.17. The highest BCUT2D eigenvalue weighted by Gasteiger charge is 2.09. The lowest BCUT2D eigenvalue weighted by Crippen LogP contribution is -1.97. The first-order valence-electron chi connectivity index (χ1n) is 4.49. The van der Waals surface area contributed by atoms with E-state index in [9.17, 15) is 4.79 Å². The normalized spacial score (nSPS) is 9.29. The Morgan fingerprint density at radius 3 is 2.93 bits per heavy atom. The predicted octanol–water partition coefficient (Wildman–Crippen LogP) is 1.72. The average Bonchev–Trinajstić information content (AvgIpc) is 2.66. The summed E-state index contributed by atoms with van der Waals surface area (Å²) in [5.41, 5.74) is 5.36. The minimum Gasteiger partial charge on any atom is -0.457 e. The number of ketones is 1. The first-order valence-corrected chi connectivity index (χ1v) is 4.49. The first-order chi connectivity index (χ1) is 6.77. The monoisotopic (exact) mass is 191 g/mol. The van der Waals surface area contributed by atoms with Gasteiger partial charge in [-0.2, -0.15) is 0 Å². The van der Waals surface area contributed by atoms with Gasteiger partial charge in [-0.15, -0.1) is 11.8 Å². The molecule has 1 aromatic heterocycles. The SMILES string of the molecule is CC#CCCC(=O)c1ccc(CN)o1. The molecule has 0 spiro atoms. The molecule has 74 valence electrons. The van der Waals surface area contributed by atoms with Crippen molar-refractivity contribution in [3.63, 3.8) is 0 Å². The molecule has 0 unspecified atom stereocenters. The van der Waals surface area contributed by atoms with Crippen LogP contribution in [0.3, 0.4) is 0 Å². The largest absolute Gasteiger partial charge is 0.457 e. The number of hydrogen-bond donors (Lipinski definition) is 1. The van der Waals surface area contributed by atoms with E-state index < -0.39 is 0 Å². The van der Waals surface area contributed by atoms with Crippen molar-refractivity contribution in [3.8, 4) is 11.8 Å². The standard InChI is InChI=1S/C11H13NO2/c1-2-3-4-5-10(13)11-7-6-9(8-12)14-11/h6-7H,4-5,8,12H2,1H3. The third-order valence-electron chi connectivity index (χ3n) is 1.79. The van der Waals surface area contributed by atoms with Gasteiger partial charge in [-0.3, -0.25) is 4.79 Å². The van der Waals surface area contributed by atoms with Crippen molar-refractivity contribution in [2.45, 2.75) is 26.3 Å². The van der Waals surface area contributed by atoms with E-state index in [4.69, 9.17) is 10.2 Å². The molecule has 0 aliphatic heterocycles. The molecule has 3 heteroatoms. The quantitative estimate of drug-likeness (QED) is 0.582. The van der Waals surface area contributed by atoms with Crippen LogP contribution in [0.2, 0.25) is 0 Å². The van der Waals surface area contributed by atoms with Gasteiger partial charge < -0.3 is 10.2 Å². The maximum atomic E-state index is 11.4. The summed E-state index contributed by atoms with van der Waals surface area (Å²) in [6.07, 6.45) is 0.979. The number of carbonyl (C=O) groups excluding carboxylic acids is 1. The Morgan fingerprint density at radius 2 is 2.36 bits per heavy atom. The molecule has 0 aliphatic carbocycles. The van der Waals surface area contributed by atoms with Crippen LogP contribution in [0.15, 0.2) is 16.5 Å². The highest BCUT2D eigenvalue weighted by Crippen LogP contribution is 2.10. The number of carbonyl (C=O) groups is 1. The number of hydrogen-bond acceptors (Lipinski definition) is 3. The molecule has 1 aromatic rings. The lowest BCUT2D eigenvalue weighted by Gasteiger charge is -1.92. The van der Waals surface area contributed by atoms with Crippen molar-refractivity contribution < 1.29 is 9.21 Å². The molecule has 0 fully saturated rings. The maximum Gasteiger partial charge on any atom is 0.198 e. The van der Waals surface area contributed by atoms with Crippen LogP contribution < -0.4 is 5.73 Å². The summed E-state index contributed by atoms with van der Waals surface area (Å²) in [4.78, 5) is 11.4. The lowest BCUT2D eigenvalue weighted by atomic mass is 10.2. The molecule has 14 heavy (non-hydrogen) atoms. The van der Waals surface area contributed by atoms with E-state index in [1.807, 2.05) is 0 Å². The van der Waals surface area contributed by atoms with Crippen molar-refractivity contribution in [1.82, 2.24) is 0 Å². The lowest BCUT2D eigenvalue weighted by molar-refractivity contribution is 0.0956. The Bertz CT molecular complexity index is 368. The Labute approximate surface area is 83.3 Å². The molecule has 3 nitrogen and oxygen atoms in total. The van der Waals surface area contributed by atoms with Crippen molar-refractivity contribution in [2.75, 3.05) is 0 Å². The van der Waals surface area contributed by atoms with E-state index in [2.05, 4.69) is 11.8 Å². The molecule has 0 atom stereocenters. The fraction of sp³-hybridized carbons (Fsp3) is 0.364. The smallest absolute Gasteiger partial charge is 0.198 e. The Balaban J connectivity index is 2.54. The molecule has 0 radical (unpaired) electrons. The van der Waals surface area contributed by atoms with Gasteiger partial charge in [0.25, 0.3) is 0 Å². The van der Waals surface area contributed by atoms with Crippen molar-refractivity contribution in [1.29, 1.82) is 0 Å². The van der Waals surface area contributed by atoms with Gasteiger partial charge in [0, 0.05) is 12.8 Å². The van der Waals surface area contributed by atoms with Crippen LogP contribution in [0.25, 0.3) is 0 Å². The van der Waals surface area contributed by atoms with Crippen LogP contribution in [-0.2, 0) is 6.54 Å². The van der Waals surface area contributed by atoms with Gasteiger partial charge >= 0.3 is 0 Å². The summed E-state index contributed by atoms with van der Waals surface area (Å²) in [6.45, 7) is 2.08. The molecular weight excluding hydrogens is 178 g/mol. The summed E-state index contributed by atoms with van der Waals surface area (Å²) in [7, 11) is 0. The van der Waals surface area contributed by atoms with Gasteiger partial charge in [0.05, 0.1) is 6.54 Å². The molecule has 0 saturated carbocycles. The maximum absolute atomic E-state index is 11.4. The van der Waals surface area contributed by atoms with Gasteiger partial charge in [-0.1, -0.05) is 0 Å². The molecule has 2 N–H and O–H groups in total. The van der Waals surface area contributed by atoms with Gasteiger partial charge in [0.1, 0.15) is 5.76 Å². The summed E-state index contributed by atoms with van der Waals surface area (Å²) >= 11 is 0. The fourth-order valence-corrected chi connectivity index (χ4v) is 1.06. The highest BCUT2D eigenvalue weighted by atomic mass is 16.3. The van der Waals surface area contributed by atoms with Crippen molar-refractivity contribution >= 4 is 5.78 Å². The summed E-state index contributed by atoms with van der Waals surface area (Å²) in [6, 6.07) is 3.38. The molecule has 0 bridgehead atoms. The minimum atomic E-state index is -0.0209. The van der Waals surface area contributed by atoms with E-state index in [1.165, 1.54) is 0 Å². The molecule has 1 heterocycles. The van der Waals surface area contributed by atoms with Crippen LogP contribution in [0.1, 0.15) is 36.1 Å². The second-order valence-electron chi connectivity index (χ2n) is 2.82. The Hall–Kier alpha value is -1.53. The van der Waals surface area contributed by atoms with E-state index >= 15 is 0 Å². The molecule has 0 aromatic carbocycles. The van der Waals surface area contributed by atoms with Crippen LogP contribution in [0.4, 0.5) is 0 Å². The number of Topliss-reactive ketones (excluding diaryl/α,β-unsaturated/α-hetero) is 1. The summed E-state index contributed by atoms with van der Waals surface area (Å²) in [5.74, 6) is 6.56. The van der Waals surface area contributed by atoms with Gasteiger partial charge in [-0.25, -0.2) is 0 Å². The molecular formula is C11H13NO2. The Kier molecular flexibility index (Phi) is 3.96. The Morgan fingerprint density at radius 1 is 1.57 bits per heavy atom. The number of nitrogens with two attached hydrogens (primary N) is 1. The van der Waals surface area contributed by atoms with Crippen LogP contribution in [0, 0.1) is 11.8 Å². The first kappa shape index (κ1) is 10.6. The predicted molar refractivity (Wildman–Crippen MR) is 53.6 cm³/mol. The van der Waals surface area contributed by atoms with Crippen LogP contribution >= 0.6 is 0 Å². The van der Waals surface area contributed by atoms with E-state index in [0.29, 0.717) is 30.9 Å². The van der Waals surface area contributed by atoms with Crippen molar-refractivity contribution in [3.05, 3.63) is 23.7 Å². The van der Waals surface area contributed by atoms with Gasteiger partial charge in [-0.05, 0) is 19.1 Å². The van der Waals surface area contributed by atoms with Gasteiger partial charge in [0.2, 0.25) is 0 Å². The van der Waals surface area contributed by atoms with Crippen LogP contribution in [0.5, 0.6) is 0 Å². The van der Waals surface area contributed by atoms with E-state index in [0.717, 1.165) is 0 Å². The zero-order chi connectivity index (χ0) is 10.4. The summed E-state index contributed by atoms with van der Waals surface area (Å²) in [5, 5.41) is 0. The minimum absolute atomic E-state index is 0.0209. The topological polar surface area (TPSA) is 56.2 Å². The van der Waals surface area contributed by atoms with Gasteiger partial charge in [0.15, 0.2) is 11.5 Å². The van der Waals surface area contributed by atoms with E-state index in [-0.39, 0.29) is 5.78 Å². The molecule has 0 aliphatic rings. The fourth-order valence-electron chi connectivity index (χ4n) is 1.06. The number of rotatable bonds is 4. The molecule has 0 saturated heterocycles. The molecule has 1 rings (SSSR count). The second kappa shape index (κ2) is 5.25. The zero-order valence-corrected chi connectivity index (χ0v) is 8.17. The van der Waals surface area contributed by atoms with E-state index in [1.54, 1.807) is 19.1 Å². The summed E-state index contributed by atoms with van der Waals surface area (Å²) < 4.78 is 5.20. The number of furan rings is 1. The second-order valence-corrected chi connectivity index (χ2v) is 2.82. The van der Waals surface area contributed by atoms with Crippen LogP contribution in [-0.4, -0.2) is 5.78 Å². The average molecular weight is 191 g/mol. The third-order valence-corrected chi connectivity index (χ3v) is 1.79. The third kappa shape index (κ3) is 2.75. The highest BCUT2D eigenvalue weighted by molar-refractivity contribution is 5.93. The van der Waals surface area contributed by atoms with Crippen molar-refractivity contribution in [2.24, 2.45) is 5.73 Å². The molecule has 0 amide bonds.